The number of ether oxygens (including phenoxy) is 3. The number of nitrogens with zero attached hydrogens (tertiary/aromatic N) is 4. The van der Waals surface area contributed by atoms with Crippen LogP contribution in [-0.2, 0) is 38.5 Å². The Morgan fingerprint density at radius 2 is 1.51 bits per heavy atom. The molecule has 0 radical (unpaired) electrons. The highest BCUT2D eigenvalue weighted by Gasteiger charge is 2.40. The van der Waals surface area contributed by atoms with Crippen molar-refractivity contribution in [3.63, 3.8) is 0 Å². The van der Waals surface area contributed by atoms with E-state index in [9.17, 15) is 24.0 Å². The van der Waals surface area contributed by atoms with Crippen LogP contribution in [0.3, 0.4) is 0 Å². The summed E-state index contributed by atoms with van der Waals surface area (Å²) in [5.41, 5.74) is 9.23. The number of nitrogens with one attached hydrogen (secondary N) is 1. The lowest BCUT2D eigenvalue weighted by atomic mass is 9.98. The predicted octanol–water partition coefficient (Wildman–Crippen LogP) is 8.35. The first-order chi connectivity index (χ1) is 32.3. The quantitative estimate of drug-likeness (QED) is 0.0615. The number of hydrogen-bond acceptors (Lipinski definition) is 13. The van der Waals surface area contributed by atoms with Crippen LogP contribution in [0.5, 0.6) is 17.2 Å². The zero-order chi connectivity index (χ0) is 47.0. The van der Waals surface area contributed by atoms with Gasteiger partial charge in [-0.25, -0.2) is 4.79 Å². The van der Waals surface area contributed by atoms with E-state index in [2.05, 4.69) is 55.4 Å². The molecule has 16 heteroatoms. The Bertz CT molecular complexity index is 2610. The largest absolute Gasteiger partial charge is 0.493 e. The highest BCUT2D eigenvalue weighted by atomic mass is 33.1. The van der Waals surface area contributed by atoms with Gasteiger partial charge in [-0.15, -0.1) is 5.06 Å². The lowest BCUT2D eigenvalue weighted by Crippen LogP contribution is -2.39. The third-order valence-electron chi connectivity index (χ3n) is 13.1. The van der Waals surface area contributed by atoms with Crippen molar-refractivity contribution in [2.24, 2.45) is 0 Å². The van der Waals surface area contributed by atoms with Gasteiger partial charge in [-0.05, 0) is 112 Å². The topological polar surface area (TPSA) is 147 Å². The number of para-hydroxylation sites is 1. The lowest BCUT2D eigenvalue weighted by Gasteiger charge is -2.31. The fraction of sp³-hybridized carbons (Fsp3) is 0.431. The van der Waals surface area contributed by atoms with E-state index in [0.717, 1.165) is 77.4 Å². The number of hydrogen-bond donors (Lipinski definition) is 1. The van der Waals surface area contributed by atoms with Crippen LogP contribution in [0, 0.1) is 6.92 Å². The van der Waals surface area contributed by atoms with Gasteiger partial charge in [0.05, 0.1) is 37.6 Å². The zero-order valence-corrected chi connectivity index (χ0v) is 40.3. The van der Waals surface area contributed by atoms with Crippen LogP contribution in [0.25, 0.3) is 0 Å². The van der Waals surface area contributed by atoms with Crippen LogP contribution in [0.1, 0.15) is 95.3 Å². The maximum Gasteiger partial charge on any atom is 0.333 e. The van der Waals surface area contributed by atoms with Gasteiger partial charge < -0.3 is 39.1 Å². The Kier molecular flexibility index (Phi) is 13.4. The third-order valence-corrected chi connectivity index (χ3v) is 16.4. The molecule has 0 spiro atoms. The van der Waals surface area contributed by atoms with Crippen molar-refractivity contribution >= 4 is 73.9 Å². The summed E-state index contributed by atoms with van der Waals surface area (Å²) in [4.78, 5) is 75.1. The summed E-state index contributed by atoms with van der Waals surface area (Å²) in [7, 11) is 7.08. The van der Waals surface area contributed by atoms with Gasteiger partial charge >= 0.3 is 5.97 Å². The summed E-state index contributed by atoms with van der Waals surface area (Å²) in [5.74, 6) is 0.982. The molecule has 0 aliphatic carbocycles. The van der Waals surface area contributed by atoms with Crippen molar-refractivity contribution in [2.45, 2.75) is 95.4 Å². The molecule has 0 unspecified atom stereocenters. The molecule has 1 N–H and O–H groups in total. The lowest BCUT2D eigenvalue weighted by molar-refractivity contribution is -0.197. The van der Waals surface area contributed by atoms with Gasteiger partial charge in [-0.1, -0.05) is 45.9 Å². The Morgan fingerprint density at radius 1 is 0.791 bits per heavy atom. The van der Waals surface area contributed by atoms with E-state index in [1.165, 1.54) is 11.1 Å². The maximum atomic E-state index is 14.4. The zero-order valence-electron chi connectivity index (χ0n) is 38.7. The van der Waals surface area contributed by atoms with Crippen LogP contribution in [-0.4, -0.2) is 97.7 Å². The molecule has 4 aromatic carbocycles. The normalized spacial score (nSPS) is 18.3. The molecule has 67 heavy (non-hydrogen) atoms. The average molecular weight is 948 g/mol. The standard InChI is InChI=1S/C51H57N5O9S2/c1-31-22-38-32(25-43(31)63-19-9-20-64-45-28-40-39(27-44(45)62-5)50(61)55-37(29-52-40)24-33-10-6-7-11-41(33)55)13-16-36-23-34-14-15-35(26-42(34)54(36)49(38)60)53(4)30-51(2,3)67-66-21-8-12-48(59)65-56-46(57)17-18-47(56)58/h6-7,10-11,14-15,22,25-28,36-37,52H,8-9,12-13,16-21,23-24,29-30H2,1-5H3/t36-,37+/m1/s1. The first-order valence-electron chi connectivity index (χ1n) is 23.1. The molecule has 0 saturated carbocycles. The molecule has 5 heterocycles. The van der Waals surface area contributed by atoms with Gasteiger partial charge in [-0.2, -0.15) is 0 Å². The molecule has 4 amide bonds. The number of methoxy groups -OCH3 is 1. The second-order valence-corrected chi connectivity index (χ2v) is 21.6. The van der Waals surface area contributed by atoms with E-state index >= 15 is 0 Å². The SMILES string of the molecule is COc1cc2c(cc1OCCCOc1cc3c(cc1C)C(=O)N1c4cc(N(C)CC(C)(C)SSCCCC(=O)ON5C(=O)CCC5=O)ccc4C[C@H]1CC3)NC[C@@H]1Cc3ccccc3N1C2=O. The Morgan fingerprint density at radius 3 is 2.30 bits per heavy atom. The summed E-state index contributed by atoms with van der Waals surface area (Å²) in [6, 6.07) is 22.3. The van der Waals surface area contributed by atoms with E-state index in [4.69, 9.17) is 19.0 Å². The van der Waals surface area contributed by atoms with Crippen molar-refractivity contribution in [2.75, 3.05) is 66.2 Å². The van der Waals surface area contributed by atoms with E-state index in [0.29, 0.717) is 60.5 Å². The fourth-order valence-corrected chi connectivity index (χ4v) is 12.4. The highest BCUT2D eigenvalue weighted by Crippen LogP contribution is 2.44. The number of benzene rings is 4. The Labute approximate surface area is 399 Å². The molecule has 14 nitrogen and oxygen atoms in total. The van der Waals surface area contributed by atoms with E-state index in [1.807, 2.05) is 53.1 Å². The van der Waals surface area contributed by atoms with Crippen molar-refractivity contribution in [3.05, 3.63) is 100 Å². The third kappa shape index (κ3) is 9.65. The molecule has 4 aromatic rings. The molecular formula is C51H57N5O9S2. The van der Waals surface area contributed by atoms with Crippen LogP contribution in [0.15, 0.2) is 66.7 Å². The van der Waals surface area contributed by atoms with Gasteiger partial charge in [0, 0.05) is 91.1 Å². The number of imide groups is 1. The van der Waals surface area contributed by atoms with Crippen LogP contribution >= 0.6 is 21.6 Å². The minimum Gasteiger partial charge on any atom is -0.493 e. The second-order valence-electron chi connectivity index (χ2n) is 18.5. The molecule has 0 aromatic heterocycles. The van der Waals surface area contributed by atoms with E-state index < -0.39 is 17.8 Å². The summed E-state index contributed by atoms with van der Waals surface area (Å²) in [6.45, 7) is 8.54. The number of aryl methyl sites for hydroxylation is 2. The summed E-state index contributed by atoms with van der Waals surface area (Å²) in [6.07, 6.45) is 4.69. The molecule has 2 atom stereocenters. The Hall–Kier alpha value is -5.87. The minimum absolute atomic E-state index is 0.0185. The summed E-state index contributed by atoms with van der Waals surface area (Å²) >= 11 is 0. The number of fused-ring (bicyclic) bond motifs is 8. The first kappa shape index (κ1) is 46.2. The molecule has 9 rings (SSSR count). The number of anilines is 4. The van der Waals surface area contributed by atoms with Crippen molar-refractivity contribution < 1.29 is 43.0 Å². The van der Waals surface area contributed by atoms with Crippen LogP contribution in [0.2, 0.25) is 0 Å². The number of rotatable bonds is 17. The summed E-state index contributed by atoms with van der Waals surface area (Å²) < 4.78 is 18.1. The molecule has 352 valence electrons. The molecule has 5 aliphatic heterocycles. The van der Waals surface area contributed by atoms with E-state index in [-0.39, 0.29) is 47.9 Å². The van der Waals surface area contributed by atoms with Gasteiger partial charge in [0.15, 0.2) is 11.5 Å². The minimum atomic E-state index is -0.576. The van der Waals surface area contributed by atoms with Gasteiger partial charge in [0.2, 0.25) is 0 Å². The van der Waals surface area contributed by atoms with Crippen molar-refractivity contribution in [1.82, 2.24) is 5.06 Å². The highest BCUT2D eigenvalue weighted by molar-refractivity contribution is 8.77. The molecule has 0 bridgehead atoms. The van der Waals surface area contributed by atoms with Crippen LogP contribution in [0.4, 0.5) is 22.7 Å². The van der Waals surface area contributed by atoms with Gasteiger partial charge in [0.1, 0.15) is 5.75 Å². The van der Waals surface area contributed by atoms with Gasteiger partial charge in [0.25, 0.3) is 23.6 Å². The van der Waals surface area contributed by atoms with Crippen molar-refractivity contribution in [3.8, 4) is 17.2 Å². The number of hydroxylamine groups is 2. The predicted molar refractivity (Wildman–Crippen MR) is 262 cm³/mol. The second kappa shape index (κ2) is 19.4. The smallest absolute Gasteiger partial charge is 0.333 e. The first-order valence-corrected chi connectivity index (χ1v) is 25.4. The van der Waals surface area contributed by atoms with E-state index in [1.54, 1.807) is 34.8 Å². The van der Waals surface area contributed by atoms with Crippen LogP contribution < -0.4 is 34.2 Å². The maximum absolute atomic E-state index is 14.4. The molecular weight excluding hydrogens is 891 g/mol. The van der Waals surface area contributed by atoms with Gasteiger partial charge in [-0.3, -0.25) is 19.2 Å². The Balaban J connectivity index is 0.770. The summed E-state index contributed by atoms with van der Waals surface area (Å²) in [5, 5.41) is 4.09. The average Bonchev–Trinajstić information content (AvgIpc) is 3.92. The van der Waals surface area contributed by atoms with Crippen molar-refractivity contribution in [1.29, 1.82) is 0 Å². The number of carbonyl (C=O) groups is 5. The number of carbonyl (C=O) groups excluding carboxylic acids is 5. The molecule has 5 aliphatic rings. The molecule has 1 fully saturated rings. The number of amides is 4. The fourth-order valence-electron chi connectivity index (χ4n) is 9.78. The molecule has 1 saturated heterocycles. The monoisotopic (exact) mass is 947 g/mol.